The Morgan fingerprint density at radius 1 is 1.42 bits per heavy atom. The maximum atomic E-state index is 5.87. The average molecular weight is 266 g/mol. The predicted molar refractivity (Wildman–Crippen MR) is 75.3 cm³/mol. The summed E-state index contributed by atoms with van der Waals surface area (Å²) in [6.07, 6.45) is 5.42. The fourth-order valence-electron chi connectivity index (χ4n) is 3.16. The summed E-state index contributed by atoms with van der Waals surface area (Å²) in [7, 11) is 0. The van der Waals surface area contributed by atoms with Gasteiger partial charge in [0, 0.05) is 12.1 Å². The average Bonchev–Trinajstić information content (AvgIpc) is 3.10. The van der Waals surface area contributed by atoms with E-state index in [9.17, 15) is 0 Å². The quantitative estimate of drug-likeness (QED) is 0.595. The Kier molecular flexibility index (Phi) is 4.54. The second-order valence-electron chi connectivity index (χ2n) is 5.48. The van der Waals surface area contributed by atoms with Crippen LogP contribution in [0.1, 0.15) is 51.8 Å². The lowest BCUT2D eigenvalue weighted by Crippen LogP contribution is -2.55. The van der Waals surface area contributed by atoms with E-state index in [-0.39, 0.29) is 11.6 Å². The number of hydrogen-bond donors (Lipinski definition) is 2. The molecule has 3 N–H and O–H groups in total. The molecule has 1 fully saturated rings. The number of likely N-dealkylation sites (tertiary alicyclic amines) is 1. The van der Waals surface area contributed by atoms with E-state index in [0.717, 1.165) is 31.7 Å². The normalized spacial score (nSPS) is 21.5. The van der Waals surface area contributed by atoms with E-state index in [1.54, 1.807) is 0 Å². The Balaban J connectivity index is 2.32. The van der Waals surface area contributed by atoms with Gasteiger partial charge in [-0.05, 0) is 46.2 Å². The molecule has 6 nitrogen and oxygen atoms in total. The Labute approximate surface area is 115 Å². The number of aryl methyl sites for hydroxylation is 1. The third-order valence-corrected chi connectivity index (χ3v) is 4.58. The molecule has 1 saturated heterocycles. The number of hydrogen-bond acceptors (Lipinski definition) is 5. The van der Waals surface area contributed by atoms with Gasteiger partial charge in [0.15, 0.2) is 0 Å². The zero-order chi connectivity index (χ0) is 13.9. The largest absolute Gasteiger partial charge is 0.296 e. The van der Waals surface area contributed by atoms with Gasteiger partial charge in [0.05, 0.1) is 17.9 Å². The van der Waals surface area contributed by atoms with Crippen molar-refractivity contribution < 1.29 is 0 Å². The third-order valence-electron chi connectivity index (χ3n) is 4.58. The van der Waals surface area contributed by atoms with Crippen molar-refractivity contribution in [2.24, 2.45) is 5.84 Å². The van der Waals surface area contributed by atoms with Crippen LogP contribution in [0, 0.1) is 0 Å². The van der Waals surface area contributed by atoms with Crippen LogP contribution < -0.4 is 11.3 Å². The first kappa shape index (κ1) is 14.4. The summed E-state index contributed by atoms with van der Waals surface area (Å²) >= 11 is 0. The topological polar surface area (TPSA) is 72.0 Å². The maximum Gasteiger partial charge on any atom is 0.0826 e. The summed E-state index contributed by atoms with van der Waals surface area (Å²) in [5.41, 5.74) is 4.08. The van der Waals surface area contributed by atoms with Crippen LogP contribution in [-0.4, -0.2) is 38.5 Å². The molecular weight excluding hydrogens is 240 g/mol. The summed E-state index contributed by atoms with van der Waals surface area (Å²) in [5, 5.41) is 8.17. The van der Waals surface area contributed by atoms with Gasteiger partial charge in [0.25, 0.3) is 0 Å². The zero-order valence-electron chi connectivity index (χ0n) is 12.3. The minimum atomic E-state index is -0.000116. The Morgan fingerprint density at radius 2 is 2.11 bits per heavy atom. The van der Waals surface area contributed by atoms with Crippen molar-refractivity contribution >= 4 is 0 Å². The minimum absolute atomic E-state index is 0.000116. The van der Waals surface area contributed by atoms with Gasteiger partial charge in [0.1, 0.15) is 0 Å². The zero-order valence-corrected chi connectivity index (χ0v) is 12.3. The van der Waals surface area contributed by atoms with Gasteiger partial charge >= 0.3 is 0 Å². The Morgan fingerprint density at radius 3 is 2.63 bits per heavy atom. The summed E-state index contributed by atoms with van der Waals surface area (Å²) in [4.78, 5) is 2.55. The SMILES string of the molecule is CCn1nncc1C(NN)C(C)(CC)N1CCCC1. The van der Waals surface area contributed by atoms with Crippen LogP contribution in [0.3, 0.4) is 0 Å². The molecule has 2 unspecified atom stereocenters. The number of hydrazine groups is 1. The van der Waals surface area contributed by atoms with Crippen molar-refractivity contribution in [1.82, 2.24) is 25.3 Å². The summed E-state index contributed by atoms with van der Waals surface area (Å²) in [6.45, 7) is 9.70. The standard InChI is InChI=1S/C13H26N6/c1-4-13(3,18-8-6-7-9-18)12(16-14)11-10-15-17-19(11)5-2/h10,12,16H,4-9,14H2,1-3H3. The molecule has 0 spiro atoms. The van der Waals surface area contributed by atoms with Crippen molar-refractivity contribution in [1.29, 1.82) is 0 Å². The fourth-order valence-corrected chi connectivity index (χ4v) is 3.16. The van der Waals surface area contributed by atoms with Gasteiger partial charge in [-0.2, -0.15) is 0 Å². The van der Waals surface area contributed by atoms with Crippen molar-refractivity contribution in [2.75, 3.05) is 13.1 Å². The lowest BCUT2D eigenvalue weighted by molar-refractivity contribution is 0.0802. The van der Waals surface area contributed by atoms with Crippen molar-refractivity contribution in [3.63, 3.8) is 0 Å². The second kappa shape index (κ2) is 5.98. The van der Waals surface area contributed by atoms with Gasteiger partial charge in [-0.3, -0.25) is 10.7 Å². The summed E-state index contributed by atoms with van der Waals surface area (Å²) in [6, 6.07) is 0.0468. The van der Waals surface area contributed by atoms with Gasteiger partial charge in [-0.15, -0.1) is 5.10 Å². The minimum Gasteiger partial charge on any atom is -0.296 e. The summed E-state index contributed by atoms with van der Waals surface area (Å²) < 4.78 is 1.93. The Hall–Kier alpha value is -0.980. The van der Waals surface area contributed by atoms with Crippen LogP contribution in [0.5, 0.6) is 0 Å². The van der Waals surface area contributed by atoms with Crippen LogP contribution >= 0.6 is 0 Å². The van der Waals surface area contributed by atoms with Gasteiger partial charge in [-0.25, -0.2) is 10.1 Å². The Bertz CT molecular complexity index is 398. The van der Waals surface area contributed by atoms with Crippen LogP contribution in [0.15, 0.2) is 6.20 Å². The predicted octanol–water partition coefficient (Wildman–Crippen LogP) is 1.07. The molecule has 0 aliphatic carbocycles. The smallest absolute Gasteiger partial charge is 0.0826 e. The molecule has 6 heteroatoms. The molecule has 2 atom stereocenters. The van der Waals surface area contributed by atoms with Crippen molar-refractivity contribution in [2.45, 2.75) is 58.2 Å². The highest BCUT2D eigenvalue weighted by molar-refractivity contribution is 5.12. The highest BCUT2D eigenvalue weighted by Gasteiger charge is 2.41. The van der Waals surface area contributed by atoms with Crippen LogP contribution in [0.2, 0.25) is 0 Å². The van der Waals surface area contributed by atoms with E-state index in [1.807, 2.05) is 10.9 Å². The van der Waals surface area contributed by atoms with E-state index in [1.165, 1.54) is 12.8 Å². The molecule has 2 rings (SSSR count). The van der Waals surface area contributed by atoms with Gasteiger partial charge in [-0.1, -0.05) is 12.1 Å². The molecule has 0 aromatic carbocycles. The van der Waals surface area contributed by atoms with E-state index >= 15 is 0 Å². The molecule has 108 valence electrons. The number of rotatable bonds is 6. The molecule has 1 aliphatic rings. The summed E-state index contributed by atoms with van der Waals surface area (Å²) in [5.74, 6) is 5.87. The molecule has 0 bridgehead atoms. The fraction of sp³-hybridized carbons (Fsp3) is 0.846. The first-order chi connectivity index (χ1) is 9.17. The van der Waals surface area contributed by atoms with Crippen LogP contribution in [0.25, 0.3) is 0 Å². The van der Waals surface area contributed by atoms with E-state index in [2.05, 4.69) is 41.4 Å². The first-order valence-corrected chi connectivity index (χ1v) is 7.27. The number of nitrogens with two attached hydrogens (primary N) is 1. The second-order valence-corrected chi connectivity index (χ2v) is 5.48. The highest BCUT2D eigenvalue weighted by atomic mass is 15.4. The molecular formula is C13H26N6. The molecule has 0 saturated carbocycles. The molecule has 2 heterocycles. The number of nitrogens with one attached hydrogen (secondary N) is 1. The highest BCUT2D eigenvalue weighted by Crippen LogP contribution is 2.35. The van der Waals surface area contributed by atoms with E-state index < -0.39 is 0 Å². The molecule has 1 aromatic rings. The van der Waals surface area contributed by atoms with Gasteiger partial charge < -0.3 is 0 Å². The lowest BCUT2D eigenvalue weighted by Gasteiger charge is -2.44. The van der Waals surface area contributed by atoms with E-state index in [0.29, 0.717) is 0 Å². The van der Waals surface area contributed by atoms with E-state index in [4.69, 9.17) is 5.84 Å². The van der Waals surface area contributed by atoms with Crippen LogP contribution in [-0.2, 0) is 6.54 Å². The third kappa shape index (κ3) is 2.52. The van der Waals surface area contributed by atoms with Gasteiger partial charge in [0.2, 0.25) is 0 Å². The van der Waals surface area contributed by atoms with Crippen molar-refractivity contribution in [3.05, 3.63) is 11.9 Å². The molecule has 1 aliphatic heterocycles. The molecule has 19 heavy (non-hydrogen) atoms. The molecule has 0 radical (unpaired) electrons. The monoisotopic (exact) mass is 266 g/mol. The number of aromatic nitrogens is 3. The molecule has 0 amide bonds. The first-order valence-electron chi connectivity index (χ1n) is 7.27. The number of nitrogens with zero attached hydrogens (tertiary/aromatic N) is 4. The molecule has 1 aromatic heterocycles. The van der Waals surface area contributed by atoms with Crippen molar-refractivity contribution in [3.8, 4) is 0 Å². The van der Waals surface area contributed by atoms with Crippen LogP contribution in [0.4, 0.5) is 0 Å². The maximum absolute atomic E-state index is 5.87. The lowest BCUT2D eigenvalue weighted by atomic mass is 9.86.